The first-order valence-electron chi connectivity index (χ1n) is 6.65. The standard InChI is InChI=1S/C13H21N3O/c1-17-13-4-2-3-12(13)16-9-14-7-11(16)8-15-10-5-6-10/h7,9-10,12-13,15H,2-6,8H2,1H3. The van der Waals surface area contributed by atoms with Crippen LogP contribution in [0.1, 0.15) is 43.8 Å². The lowest BCUT2D eigenvalue weighted by atomic mass is 10.2. The molecule has 0 aliphatic heterocycles. The first-order valence-corrected chi connectivity index (χ1v) is 6.65. The van der Waals surface area contributed by atoms with Crippen molar-refractivity contribution in [2.45, 2.75) is 56.8 Å². The molecule has 2 saturated carbocycles. The van der Waals surface area contributed by atoms with Crippen LogP contribution < -0.4 is 5.32 Å². The van der Waals surface area contributed by atoms with Crippen LogP contribution in [0.3, 0.4) is 0 Å². The third-order valence-electron chi connectivity index (χ3n) is 3.97. The molecule has 0 saturated heterocycles. The van der Waals surface area contributed by atoms with Crippen molar-refractivity contribution in [1.29, 1.82) is 0 Å². The molecule has 0 aromatic carbocycles. The highest BCUT2D eigenvalue weighted by molar-refractivity contribution is 5.03. The minimum absolute atomic E-state index is 0.365. The van der Waals surface area contributed by atoms with Gasteiger partial charge in [0.25, 0.3) is 0 Å². The molecule has 2 unspecified atom stereocenters. The van der Waals surface area contributed by atoms with Crippen molar-refractivity contribution in [1.82, 2.24) is 14.9 Å². The maximum atomic E-state index is 5.57. The zero-order valence-electron chi connectivity index (χ0n) is 10.4. The Balaban J connectivity index is 1.70. The Kier molecular flexibility index (Phi) is 3.16. The van der Waals surface area contributed by atoms with E-state index in [9.17, 15) is 0 Å². The van der Waals surface area contributed by atoms with Crippen molar-refractivity contribution in [2.24, 2.45) is 0 Å². The van der Waals surface area contributed by atoms with Gasteiger partial charge in [0.05, 0.1) is 24.2 Å². The number of nitrogens with zero attached hydrogens (tertiary/aromatic N) is 2. The second-order valence-electron chi connectivity index (χ2n) is 5.22. The SMILES string of the molecule is COC1CCCC1n1cncc1CNC1CC1. The molecule has 4 heteroatoms. The number of rotatable bonds is 5. The van der Waals surface area contributed by atoms with Crippen molar-refractivity contribution >= 4 is 0 Å². The van der Waals surface area contributed by atoms with E-state index in [-0.39, 0.29) is 0 Å². The number of hydrogen-bond acceptors (Lipinski definition) is 3. The molecule has 0 bridgehead atoms. The van der Waals surface area contributed by atoms with E-state index >= 15 is 0 Å². The molecular weight excluding hydrogens is 214 g/mol. The van der Waals surface area contributed by atoms with Crippen LogP contribution in [0.15, 0.2) is 12.5 Å². The van der Waals surface area contributed by atoms with E-state index in [1.54, 1.807) is 0 Å². The highest BCUT2D eigenvalue weighted by Gasteiger charge is 2.30. The van der Waals surface area contributed by atoms with Crippen LogP contribution in [0.4, 0.5) is 0 Å². The van der Waals surface area contributed by atoms with Crippen molar-refractivity contribution in [3.63, 3.8) is 0 Å². The third kappa shape index (κ3) is 2.38. The summed E-state index contributed by atoms with van der Waals surface area (Å²) in [4.78, 5) is 4.30. The molecule has 0 radical (unpaired) electrons. The Bertz CT molecular complexity index is 372. The van der Waals surface area contributed by atoms with Gasteiger partial charge in [-0.1, -0.05) is 0 Å². The summed E-state index contributed by atoms with van der Waals surface area (Å²) in [5.41, 5.74) is 1.30. The summed E-state index contributed by atoms with van der Waals surface area (Å²) in [6.07, 6.45) is 10.6. The largest absolute Gasteiger partial charge is 0.379 e. The van der Waals surface area contributed by atoms with Crippen molar-refractivity contribution in [2.75, 3.05) is 7.11 Å². The molecule has 1 aromatic rings. The predicted molar refractivity (Wildman–Crippen MR) is 65.8 cm³/mol. The van der Waals surface area contributed by atoms with Crippen LogP contribution in [-0.4, -0.2) is 28.8 Å². The van der Waals surface area contributed by atoms with Crippen LogP contribution in [0, 0.1) is 0 Å². The maximum absolute atomic E-state index is 5.57. The molecule has 2 aliphatic rings. The quantitative estimate of drug-likeness (QED) is 0.847. The van der Waals surface area contributed by atoms with Gasteiger partial charge in [0.15, 0.2) is 0 Å². The summed E-state index contributed by atoms with van der Waals surface area (Å²) in [7, 11) is 1.82. The molecule has 0 spiro atoms. The van der Waals surface area contributed by atoms with Gasteiger partial charge in [-0.05, 0) is 32.1 Å². The lowest BCUT2D eigenvalue weighted by Gasteiger charge is -2.22. The molecule has 94 valence electrons. The normalized spacial score (nSPS) is 28.8. The maximum Gasteiger partial charge on any atom is 0.0952 e. The summed E-state index contributed by atoms with van der Waals surface area (Å²) >= 11 is 0. The highest BCUT2D eigenvalue weighted by Crippen LogP contribution is 2.33. The van der Waals surface area contributed by atoms with Gasteiger partial charge in [0.2, 0.25) is 0 Å². The minimum atomic E-state index is 0.365. The average molecular weight is 235 g/mol. The molecule has 1 N–H and O–H groups in total. The molecular formula is C13H21N3O. The van der Waals surface area contributed by atoms with Crippen LogP contribution in [-0.2, 0) is 11.3 Å². The molecule has 2 fully saturated rings. The van der Waals surface area contributed by atoms with E-state index in [0.29, 0.717) is 12.1 Å². The van der Waals surface area contributed by atoms with Gasteiger partial charge in [0, 0.05) is 25.9 Å². The number of imidazole rings is 1. The van der Waals surface area contributed by atoms with Crippen molar-refractivity contribution in [3.05, 3.63) is 18.2 Å². The van der Waals surface area contributed by atoms with Crippen LogP contribution >= 0.6 is 0 Å². The fraction of sp³-hybridized carbons (Fsp3) is 0.769. The Labute approximate surface area is 102 Å². The fourth-order valence-corrected chi connectivity index (χ4v) is 2.80. The molecule has 1 heterocycles. The van der Waals surface area contributed by atoms with Gasteiger partial charge in [-0.3, -0.25) is 0 Å². The second kappa shape index (κ2) is 4.78. The molecule has 2 atom stereocenters. The molecule has 3 rings (SSSR count). The third-order valence-corrected chi connectivity index (χ3v) is 3.97. The molecule has 2 aliphatic carbocycles. The zero-order valence-corrected chi connectivity index (χ0v) is 10.4. The van der Waals surface area contributed by atoms with E-state index in [1.807, 2.05) is 19.6 Å². The zero-order chi connectivity index (χ0) is 11.7. The number of aromatic nitrogens is 2. The average Bonchev–Trinajstić information content (AvgIpc) is 2.89. The van der Waals surface area contributed by atoms with Crippen LogP contribution in [0.5, 0.6) is 0 Å². The fourth-order valence-electron chi connectivity index (χ4n) is 2.80. The van der Waals surface area contributed by atoms with E-state index in [2.05, 4.69) is 14.9 Å². The topological polar surface area (TPSA) is 39.1 Å². The van der Waals surface area contributed by atoms with Gasteiger partial charge in [-0.25, -0.2) is 4.98 Å². The Hall–Kier alpha value is -0.870. The lowest BCUT2D eigenvalue weighted by Crippen LogP contribution is -2.24. The summed E-state index contributed by atoms with van der Waals surface area (Å²) < 4.78 is 7.89. The van der Waals surface area contributed by atoms with E-state index in [1.165, 1.54) is 37.8 Å². The summed E-state index contributed by atoms with van der Waals surface area (Å²) in [5, 5.41) is 3.55. The predicted octanol–water partition coefficient (Wildman–Crippen LogP) is 1.88. The van der Waals surface area contributed by atoms with Gasteiger partial charge in [0.1, 0.15) is 0 Å². The van der Waals surface area contributed by atoms with Crippen molar-refractivity contribution in [3.8, 4) is 0 Å². The monoisotopic (exact) mass is 235 g/mol. The summed E-state index contributed by atoms with van der Waals surface area (Å²) in [6, 6.07) is 1.23. The van der Waals surface area contributed by atoms with Crippen LogP contribution in [0.25, 0.3) is 0 Å². The van der Waals surface area contributed by atoms with E-state index < -0.39 is 0 Å². The van der Waals surface area contributed by atoms with E-state index in [0.717, 1.165) is 12.6 Å². The first-order chi connectivity index (χ1) is 8.38. The Morgan fingerprint density at radius 3 is 3.06 bits per heavy atom. The molecule has 1 aromatic heterocycles. The smallest absolute Gasteiger partial charge is 0.0952 e. The minimum Gasteiger partial charge on any atom is -0.379 e. The van der Waals surface area contributed by atoms with E-state index in [4.69, 9.17) is 4.74 Å². The highest BCUT2D eigenvalue weighted by atomic mass is 16.5. The summed E-state index contributed by atoms with van der Waals surface area (Å²) in [6.45, 7) is 0.942. The van der Waals surface area contributed by atoms with Gasteiger partial charge in [-0.2, -0.15) is 0 Å². The second-order valence-corrected chi connectivity index (χ2v) is 5.22. The van der Waals surface area contributed by atoms with Crippen LogP contribution in [0.2, 0.25) is 0 Å². The van der Waals surface area contributed by atoms with Gasteiger partial charge in [-0.15, -0.1) is 0 Å². The molecule has 4 nitrogen and oxygen atoms in total. The lowest BCUT2D eigenvalue weighted by molar-refractivity contribution is 0.0739. The Morgan fingerprint density at radius 2 is 2.29 bits per heavy atom. The first kappa shape index (κ1) is 11.2. The Morgan fingerprint density at radius 1 is 1.41 bits per heavy atom. The number of ether oxygens (including phenoxy) is 1. The van der Waals surface area contributed by atoms with Crippen molar-refractivity contribution < 1.29 is 4.74 Å². The number of nitrogens with one attached hydrogen (secondary N) is 1. The summed E-state index contributed by atoms with van der Waals surface area (Å²) in [5.74, 6) is 0. The number of hydrogen-bond donors (Lipinski definition) is 1. The van der Waals surface area contributed by atoms with Gasteiger partial charge < -0.3 is 14.6 Å². The number of methoxy groups -OCH3 is 1. The van der Waals surface area contributed by atoms with Gasteiger partial charge >= 0.3 is 0 Å². The molecule has 17 heavy (non-hydrogen) atoms. The molecule has 0 amide bonds.